The molecule has 0 radical (unpaired) electrons. The number of carboxylic acids is 1. The molecule has 0 fully saturated rings. The first-order valence-electron chi connectivity index (χ1n) is 6.00. The van der Waals surface area contributed by atoms with E-state index < -0.39 is 5.97 Å². The van der Waals surface area contributed by atoms with Crippen LogP contribution in [0, 0.1) is 0 Å². The molecule has 2 aromatic carbocycles. The highest BCUT2D eigenvalue weighted by Gasteiger charge is 2.31. The van der Waals surface area contributed by atoms with Crippen molar-refractivity contribution in [3.63, 3.8) is 0 Å². The number of benzene rings is 2. The first-order chi connectivity index (χ1) is 9.18. The maximum Gasteiger partial charge on any atom is 0.331 e. The minimum Gasteiger partial charge on any atom is -0.511 e. The largest absolute Gasteiger partial charge is 0.511 e. The second-order valence-electron chi connectivity index (χ2n) is 4.51. The minimum absolute atomic E-state index is 0.134. The van der Waals surface area contributed by atoms with Crippen molar-refractivity contribution in [1.29, 1.82) is 0 Å². The fourth-order valence-corrected chi connectivity index (χ4v) is 2.68. The van der Waals surface area contributed by atoms with Gasteiger partial charge in [0.15, 0.2) is 0 Å². The molecule has 0 spiro atoms. The van der Waals surface area contributed by atoms with E-state index in [9.17, 15) is 9.90 Å². The molecule has 0 aliphatic heterocycles. The van der Waals surface area contributed by atoms with Crippen molar-refractivity contribution in [3.8, 4) is 11.1 Å². The van der Waals surface area contributed by atoms with E-state index in [-0.39, 0.29) is 11.7 Å². The van der Waals surface area contributed by atoms with Crippen molar-refractivity contribution in [2.24, 2.45) is 0 Å². The van der Waals surface area contributed by atoms with Crippen LogP contribution in [0.3, 0.4) is 0 Å². The van der Waals surface area contributed by atoms with E-state index in [1.54, 1.807) is 0 Å². The first kappa shape index (κ1) is 11.5. The molecule has 3 rings (SSSR count). The maximum absolute atomic E-state index is 10.8. The lowest BCUT2D eigenvalue weighted by Crippen LogP contribution is -2.03. The second kappa shape index (κ2) is 4.28. The van der Waals surface area contributed by atoms with E-state index in [0.29, 0.717) is 0 Å². The van der Waals surface area contributed by atoms with Crippen molar-refractivity contribution < 1.29 is 15.0 Å². The number of fused-ring (bicyclic) bond motifs is 3. The summed E-state index contributed by atoms with van der Waals surface area (Å²) in [7, 11) is 0. The number of hydrogen-bond donors (Lipinski definition) is 2. The Kier molecular flexibility index (Phi) is 2.60. The van der Waals surface area contributed by atoms with Crippen LogP contribution in [0.15, 0.2) is 60.4 Å². The average molecular weight is 252 g/mol. The molecule has 1 aliphatic carbocycles. The number of carbonyl (C=O) groups is 1. The molecule has 94 valence electrons. The molecule has 0 unspecified atom stereocenters. The normalized spacial score (nSPS) is 14.0. The summed E-state index contributed by atoms with van der Waals surface area (Å²) in [6.07, 6.45) is 0.865. The molecule has 3 nitrogen and oxygen atoms in total. The van der Waals surface area contributed by atoms with Gasteiger partial charge in [-0.15, -0.1) is 0 Å². The van der Waals surface area contributed by atoms with Crippen molar-refractivity contribution in [2.45, 2.75) is 5.92 Å². The quantitative estimate of drug-likeness (QED) is 0.636. The predicted molar refractivity (Wildman–Crippen MR) is 72.1 cm³/mol. The zero-order valence-corrected chi connectivity index (χ0v) is 10.1. The summed E-state index contributed by atoms with van der Waals surface area (Å²) in [6, 6.07) is 15.5. The zero-order valence-electron chi connectivity index (χ0n) is 10.1. The van der Waals surface area contributed by atoms with E-state index in [1.165, 1.54) is 0 Å². The molecule has 1 aliphatic rings. The van der Waals surface area contributed by atoms with Gasteiger partial charge in [0.25, 0.3) is 0 Å². The third-order valence-electron chi connectivity index (χ3n) is 3.40. The molecule has 0 saturated heterocycles. The molecule has 0 heterocycles. The molecule has 0 atom stereocenters. The second-order valence-corrected chi connectivity index (χ2v) is 4.51. The van der Waals surface area contributed by atoms with Crippen molar-refractivity contribution in [3.05, 3.63) is 71.5 Å². The lowest BCUT2D eigenvalue weighted by molar-refractivity contribution is -0.131. The van der Waals surface area contributed by atoms with Gasteiger partial charge in [0.2, 0.25) is 0 Å². The van der Waals surface area contributed by atoms with E-state index in [0.717, 1.165) is 28.3 Å². The van der Waals surface area contributed by atoms with Gasteiger partial charge in [0.05, 0.1) is 12.0 Å². The molecular weight excluding hydrogens is 240 g/mol. The topological polar surface area (TPSA) is 57.5 Å². The number of hydrogen-bond acceptors (Lipinski definition) is 2. The van der Waals surface area contributed by atoms with Crippen molar-refractivity contribution in [1.82, 2.24) is 0 Å². The van der Waals surface area contributed by atoms with Crippen LogP contribution in [0.5, 0.6) is 0 Å². The average Bonchev–Trinajstić information content (AvgIpc) is 2.72. The number of allylic oxidation sites excluding steroid dienone is 1. The highest BCUT2D eigenvalue weighted by Crippen LogP contribution is 2.47. The molecule has 2 aromatic rings. The summed E-state index contributed by atoms with van der Waals surface area (Å²) in [5, 5.41) is 18.9. The Morgan fingerprint density at radius 3 is 1.84 bits per heavy atom. The van der Waals surface area contributed by atoms with Crippen LogP contribution in [0.1, 0.15) is 17.0 Å². The highest BCUT2D eigenvalue weighted by molar-refractivity contribution is 5.84. The summed E-state index contributed by atoms with van der Waals surface area (Å²) < 4.78 is 0. The minimum atomic E-state index is -1.14. The monoisotopic (exact) mass is 252 g/mol. The van der Waals surface area contributed by atoms with Gasteiger partial charge in [-0.05, 0) is 22.3 Å². The Morgan fingerprint density at radius 1 is 0.895 bits per heavy atom. The van der Waals surface area contributed by atoms with Crippen LogP contribution in [0.2, 0.25) is 0 Å². The summed E-state index contributed by atoms with van der Waals surface area (Å²) >= 11 is 0. The SMILES string of the molecule is O=C(O)C=C(O)C1c2ccccc2-c2ccccc21. The molecule has 0 bridgehead atoms. The predicted octanol–water partition coefficient (Wildman–Crippen LogP) is 3.33. The van der Waals surface area contributed by atoms with Crippen molar-refractivity contribution >= 4 is 5.97 Å². The maximum atomic E-state index is 10.8. The Balaban J connectivity index is 2.23. The van der Waals surface area contributed by atoms with Crippen LogP contribution < -0.4 is 0 Å². The fraction of sp³-hybridized carbons (Fsp3) is 0.0625. The molecule has 0 amide bonds. The summed E-state index contributed by atoms with van der Waals surface area (Å²) in [5.74, 6) is -1.66. The number of rotatable bonds is 2. The lowest BCUT2D eigenvalue weighted by atomic mass is 9.94. The lowest BCUT2D eigenvalue weighted by Gasteiger charge is -2.12. The van der Waals surface area contributed by atoms with Gasteiger partial charge in [0.1, 0.15) is 5.76 Å². The van der Waals surface area contributed by atoms with E-state index in [4.69, 9.17) is 5.11 Å². The third-order valence-corrected chi connectivity index (χ3v) is 3.40. The van der Waals surface area contributed by atoms with Crippen LogP contribution >= 0.6 is 0 Å². The first-order valence-corrected chi connectivity index (χ1v) is 6.00. The van der Waals surface area contributed by atoms with Gasteiger partial charge >= 0.3 is 5.97 Å². The summed E-state index contributed by atoms with van der Waals surface area (Å²) in [4.78, 5) is 10.8. The Morgan fingerprint density at radius 2 is 1.37 bits per heavy atom. The number of aliphatic hydroxyl groups is 1. The van der Waals surface area contributed by atoms with Gasteiger partial charge < -0.3 is 10.2 Å². The van der Waals surface area contributed by atoms with E-state index in [2.05, 4.69) is 0 Å². The van der Waals surface area contributed by atoms with Crippen LogP contribution in [-0.2, 0) is 4.79 Å². The summed E-state index contributed by atoms with van der Waals surface area (Å²) in [5.41, 5.74) is 3.99. The highest BCUT2D eigenvalue weighted by atomic mass is 16.4. The Bertz CT molecular complexity index is 640. The molecule has 0 saturated carbocycles. The smallest absolute Gasteiger partial charge is 0.331 e. The van der Waals surface area contributed by atoms with Gasteiger partial charge in [-0.2, -0.15) is 0 Å². The van der Waals surface area contributed by atoms with Crippen LogP contribution in [-0.4, -0.2) is 16.2 Å². The molecule has 3 heteroatoms. The van der Waals surface area contributed by atoms with Crippen LogP contribution in [0.4, 0.5) is 0 Å². The Labute approximate surface area is 110 Å². The molecular formula is C16H12O3. The van der Waals surface area contributed by atoms with Crippen molar-refractivity contribution in [2.75, 3.05) is 0 Å². The van der Waals surface area contributed by atoms with Gasteiger partial charge in [0, 0.05) is 0 Å². The number of carboxylic acid groups (broad SMARTS) is 1. The van der Waals surface area contributed by atoms with Gasteiger partial charge in [-0.1, -0.05) is 48.5 Å². The zero-order chi connectivity index (χ0) is 13.4. The fourth-order valence-electron chi connectivity index (χ4n) is 2.68. The van der Waals surface area contributed by atoms with Crippen LogP contribution in [0.25, 0.3) is 11.1 Å². The van der Waals surface area contributed by atoms with Gasteiger partial charge in [-0.25, -0.2) is 4.79 Å². The molecule has 19 heavy (non-hydrogen) atoms. The number of aliphatic hydroxyl groups excluding tert-OH is 1. The standard InChI is InChI=1S/C16H12O3/c17-14(9-15(18)19)16-12-7-3-1-5-10(12)11-6-2-4-8-13(11)16/h1-9,16-17H,(H,18,19). The Hall–Kier alpha value is -2.55. The summed E-state index contributed by atoms with van der Waals surface area (Å²) in [6.45, 7) is 0. The molecule has 0 aromatic heterocycles. The van der Waals surface area contributed by atoms with Gasteiger partial charge in [-0.3, -0.25) is 0 Å². The third kappa shape index (κ3) is 1.80. The van der Waals surface area contributed by atoms with E-state index in [1.807, 2.05) is 48.5 Å². The van der Waals surface area contributed by atoms with E-state index >= 15 is 0 Å². The molecule has 2 N–H and O–H groups in total. The number of aliphatic carboxylic acids is 1.